The minimum absolute atomic E-state index is 0.187. The van der Waals surface area contributed by atoms with Crippen LogP contribution in [0.3, 0.4) is 0 Å². The van der Waals surface area contributed by atoms with Crippen molar-refractivity contribution in [1.29, 1.82) is 0 Å². The second kappa shape index (κ2) is 13.4. The van der Waals surface area contributed by atoms with Gasteiger partial charge in [0.05, 0.1) is 5.92 Å². The summed E-state index contributed by atoms with van der Waals surface area (Å²) >= 11 is 1.42. The molecule has 0 spiro atoms. The first-order valence-electron chi connectivity index (χ1n) is 11.6. The molecule has 7 nitrogen and oxygen atoms in total. The van der Waals surface area contributed by atoms with Crippen LogP contribution in [-0.4, -0.2) is 47.7 Å². The van der Waals surface area contributed by atoms with E-state index in [0.717, 1.165) is 17.0 Å². The van der Waals surface area contributed by atoms with Crippen molar-refractivity contribution in [2.45, 2.75) is 65.1 Å². The van der Waals surface area contributed by atoms with E-state index in [0.29, 0.717) is 31.1 Å². The van der Waals surface area contributed by atoms with E-state index in [1.807, 2.05) is 44.3 Å². The number of thiazole rings is 1. The predicted octanol–water partition coefficient (Wildman–Crippen LogP) is 4.31. The van der Waals surface area contributed by atoms with Crippen LogP contribution in [0, 0.1) is 11.8 Å². The Bertz CT molecular complexity index is 872. The molecule has 4 unspecified atom stereocenters. The molecule has 2 aromatic rings. The molecule has 1 aromatic carbocycles. The van der Waals surface area contributed by atoms with E-state index in [2.05, 4.69) is 29.5 Å². The van der Waals surface area contributed by atoms with Gasteiger partial charge >= 0.3 is 5.97 Å². The Morgan fingerprint density at radius 2 is 1.85 bits per heavy atom. The zero-order valence-electron chi connectivity index (χ0n) is 20.2. The van der Waals surface area contributed by atoms with Gasteiger partial charge in [0.1, 0.15) is 16.8 Å². The number of nitrogens with one attached hydrogen (secondary N) is 2. The van der Waals surface area contributed by atoms with Gasteiger partial charge in [0.2, 0.25) is 0 Å². The summed E-state index contributed by atoms with van der Waals surface area (Å²) in [6.45, 7) is 8.50. The summed E-state index contributed by atoms with van der Waals surface area (Å²) in [6, 6.07) is 9.72. The summed E-state index contributed by atoms with van der Waals surface area (Å²) < 4.78 is 5.95. The van der Waals surface area contributed by atoms with E-state index in [-0.39, 0.29) is 24.1 Å². The van der Waals surface area contributed by atoms with Crippen molar-refractivity contribution in [2.24, 2.45) is 11.8 Å². The molecule has 0 aliphatic heterocycles. The standard InChI is InChI=1S/C25H37N3O4S/c1-6-32-22(14-20(26-5)16(2)3)24-28-21(15-33-24)23(29)27-19(12-17(4)25(30)31)13-18-10-8-7-9-11-18/h7-11,15-17,19-20,22,26H,6,12-14H2,1-5H3,(H,27,29)(H,30,31). The number of carboxylic acid groups (broad SMARTS) is 1. The molecular formula is C25H37N3O4S. The van der Waals surface area contributed by atoms with Crippen LogP contribution in [0.2, 0.25) is 0 Å². The molecule has 0 aliphatic carbocycles. The molecule has 8 heteroatoms. The van der Waals surface area contributed by atoms with Gasteiger partial charge in [-0.25, -0.2) is 4.98 Å². The normalized spacial score (nSPS) is 15.1. The summed E-state index contributed by atoms with van der Waals surface area (Å²) in [4.78, 5) is 29.0. The molecule has 1 heterocycles. The second-order valence-electron chi connectivity index (χ2n) is 8.72. The van der Waals surface area contributed by atoms with Crippen LogP contribution in [0.1, 0.15) is 67.7 Å². The van der Waals surface area contributed by atoms with Gasteiger partial charge in [-0.3, -0.25) is 9.59 Å². The fourth-order valence-electron chi connectivity index (χ4n) is 3.81. The van der Waals surface area contributed by atoms with Gasteiger partial charge in [0, 0.05) is 24.1 Å². The van der Waals surface area contributed by atoms with Crippen LogP contribution in [0.15, 0.2) is 35.7 Å². The van der Waals surface area contributed by atoms with Crippen molar-refractivity contribution in [1.82, 2.24) is 15.6 Å². The summed E-state index contributed by atoms with van der Waals surface area (Å²) in [5.74, 6) is -1.29. The van der Waals surface area contributed by atoms with Crippen LogP contribution >= 0.6 is 11.3 Å². The fraction of sp³-hybridized carbons (Fsp3) is 0.560. The van der Waals surface area contributed by atoms with E-state index < -0.39 is 11.9 Å². The number of nitrogens with zero attached hydrogens (tertiary/aromatic N) is 1. The Balaban J connectivity index is 2.14. The lowest BCUT2D eigenvalue weighted by Crippen LogP contribution is -2.38. The van der Waals surface area contributed by atoms with Crippen molar-refractivity contribution in [2.75, 3.05) is 13.7 Å². The van der Waals surface area contributed by atoms with E-state index in [4.69, 9.17) is 4.74 Å². The van der Waals surface area contributed by atoms with Gasteiger partial charge < -0.3 is 20.5 Å². The number of aliphatic carboxylic acids is 1. The van der Waals surface area contributed by atoms with E-state index in [1.165, 1.54) is 11.3 Å². The lowest BCUT2D eigenvalue weighted by Gasteiger charge is -2.24. The summed E-state index contributed by atoms with van der Waals surface area (Å²) in [5, 5.41) is 18.2. The molecule has 3 N–H and O–H groups in total. The maximum Gasteiger partial charge on any atom is 0.306 e. The highest BCUT2D eigenvalue weighted by Gasteiger charge is 2.25. The van der Waals surface area contributed by atoms with Gasteiger partial charge in [-0.1, -0.05) is 51.1 Å². The topological polar surface area (TPSA) is 101 Å². The molecule has 0 fully saturated rings. The molecule has 0 aliphatic rings. The Morgan fingerprint density at radius 3 is 2.42 bits per heavy atom. The molecule has 0 bridgehead atoms. The van der Waals surface area contributed by atoms with Crippen LogP contribution < -0.4 is 10.6 Å². The van der Waals surface area contributed by atoms with Crippen LogP contribution in [0.4, 0.5) is 0 Å². The Labute approximate surface area is 201 Å². The third-order valence-electron chi connectivity index (χ3n) is 5.76. The lowest BCUT2D eigenvalue weighted by atomic mass is 9.96. The summed E-state index contributed by atoms with van der Waals surface area (Å²) in [5.41, 5.74) is 1.38. The Hall–Kier alpha value is -2.29. The first-order valence-corrected chi connectivity index (χ1v) is 12.4. The average Bonchev–Trinajstić information content (AvgIpc) is 3.27. The first kappa shape index (κ1) is 27.0. The molecule has 1 aromatic heterocycles. The average molecular weight is 476 g/mol. The fourth-order valence-corrected chi connectivity index (χ4v) is 4.67. The van der Waals surface area contributed by atoms with Crippen LogP contribution in [0.25, 0.3) is 0 Å². The van der Waals surface area contributed by atoms with Gasteiger partial charge in [-0.05, 0) is 44.7 Å². The number of carbonyl (C=O) groups is 2. The summed E-state index contributed by atoms with van der Waals surface area (Å²) in [7, 11) is 1.94. The summed E-state index contributed by atoms with van der Waals surface area (Å²) in [6.07, 6.45) is 1.48. The minimum atomic E-state index is -0.873. The third-order valence-corrected chi connectivity index (χ3v) is 6.70. The third kappa shape index (κ3) is 8.53. The lowest BCUT2D eigenvalue weighted by molar-refractivity contribution is -0.141. The maximum atomic E-state index is 13.0. The quantitative estimate of drug-likeness (QED) is 0.377. The molecule has 0 saturated carbocycles. The Morgan fingerprint density at radius 1 is 1.15 bits per heavy atom. The van der Waals surface area contributed by atoms with Crippen LogP contribution in [-0.2, 0) is 16.0 Å². The highest BCUT2D eigenvalue weighted by atomic mass is 32.1. The van der Waals surface area contributed by atoms with Crippen molar-refractivity contribution in [3.05, 3.63) is 52.0 Å². The number of hydrogen-bond acceptors (Lipinski definition) is 6. The number of hydrogen-bond donors (Lipinski definition) is 3. The number of carbonyl (C=O) groups excluding carboxylic acids is 1. The largest absolute Gasteiger partial charge is 0.481 e. The highest BCUT2D eigenvalue weighted by molar-refractivity contribution is 7.09. The van der Waals surface area contributed by atoms with Gasteiger partial charge in [0.25, 0.3) is 5.91 Å². The zero-order valence-corrected chi connectivity index (χ0v) is 21.0. The monoisotopic (exact) mass is 475 g/mol. The number of amides is 1. The number of rotatable bonds is 14. The van der Waals surface area contributed by atoms with E-state index in [9.17, 15) is 14.7 Å². The smallest absolute Gasteiger partial charge is 0.306 e. The van der Waals surface area contributed by atoms with Crippen LogP contribution in [0.5, 0.6) is 0 Å². The molecule has 182 valence electrons. The first-order chi connectivity index (χ1) is 15.7. The molecule has 4 atom stereocenters. The van der Waals surface area contributed by atoms with E-state index >= 15 is 0 Å². The molecule has 33 heavy (non-hydrogen) atoms. The molecule has 1 amide bonds. The zero-order chi connectivity index (χ0) is 24.4. The Kier molecular flexibility index (Phi) is 11.0. The van der Waals surface area contributed by atoms with Crippen molar-refractivity contribution in [3.8, 4) is 0 Å². The molecule has 2 rings (SSSR count). The molecule has 0 radical (unpaired) electrons. The minimum Gasteiger partial charge on any atom is -0.481 e. The number of ether oxygens (including phenoxy) is 1. The number of carboxylic acids is 1. The van der Waals surface area contributed by atoms with Gasteiger partial charge in [-0.2, -0.15) is 0 Å². The molecular weight excluding hydrogens is 438 g/mol. The van der Waals surface area contributed by atoms with Crippen molar-refractivity contribution < 1.29 is 19.4 Å². The second-order valence-corrected chi connectivity index (χ2v) is 9.61. The van der Waals surface area contributed by atoms with Gasteiger partial charge in [-0.15, -0.1) is 11.3 Å². The van der Waals surface area contributed by atoms with Crippen molar-refractivity contribution >= 4 is 23.2 Å². The SMILES string of the molecule is CCOC(CC(NC)C(C)C)c1nc(C(=O)NC(Cc2ccccc2)CC(C)C(=O)O)cs1. The number of aromatic nitrogens is 1. The highest BCUT2D eigenvalue weighted by Crippen LogP contribution is 2.28. The van der Waals surface area contributed by atoms with Gasteiger partial charge in [0.15, 0.2) is 0 Å². The maximum absolute atomic E-state index is 13.0. The predicted molar refractivity (Wildman–Crippen MR) is 132 cm³/mol. The number of benzene rings is 1. The molecule has 0 saturated heterocycles. The van der Waals surface area contributed by atoms with E-state index in [1.54, 1.807) is 12.3 Å². The van der Waals surface area contributed by atoms with Crippen molar-refractivity contribution in [3.63, 3.8) is 0 Å².